The molecule has 0 aliphatic carbocycles. The van der Waals surface area contributed by atoms with Crippen LogP contribution in [0.25, 0.3) is 10.9 Å². The fourth-order valence-corrected chi connectivity index (χ4v) is 5.02. The molecule has 0 bridgehead atoms. The SMILES string of the molecule is CCOc1ccc(CN(Cc2ccccc2)[C@@H](c2cc3ccc(C)cc3[nH]c2=O)c2nnnn2C(C)(C)C)cc1. The molecular weight excluding hydrogens is 500 g/mol. The van der Waals surface area contributed by atoms with Crippen molar-refractivity contribution in [2.75, 3.05) is 6.61 Å². The Hall–Kier alpha value is -4.30. The zero-order chi connectivity index (χ0) is 28.3. The number of hydrogen-bond donors (Lipinski definition) is 1. The van der Waals surface area contributed by atoms with Crippen molar-refractivity contribution in [3.8, 4) is 5.75 Å². The maximum atomic E-state index is 13.8. The minimum Gasteiger partial charge on any atom is -0.494 e. The Labute approximate surface area is 234 Å². The number of pyridine rings is 1. The summed E-state index contributed by atoms with van der Waals surface area (Å²) in [5, 5.41) is 13.9. The Morgan fingerprint density at radius 1 is 0.950 bits per heavy atom. The van der Waals surface area contributed by atoms with E-state index in [0.29, 0.717) is 31.1 Å². The highest BCUT2D eigenvalue weighted by atomic mass is 16.5. The number of ether oxygens (including phenoxy) is 1. The van der Waals surface area contributed by atoms with Gasteiger partial charge in [-0.1, -0.05) is 54.6 Å². The van der Waals surface area contributed by atoms with Crippen LogP contribution in [0.4, 0.5) is 0 Å². The third-order valence-corrected chi connectivity index (χ3v) is 6.91. The van der Waals surface area contributed by atoms with Gasteiger partial charge in [0.15, 0.2) is 5.82 Å². The van der Waals surface area contributed by atoms with Gasteiger partial charge in [-0.25, -0.2) is 4.68 Å². The normalized spacial score (nSPS) is 12.7. The summed E-state index contributed by atoms with van der Waals surface area (Å²) in [6.07, 6.45) is 0. The van der Waals surface area contributed by atoms with Crippen molar-refractivity contribution in [3.63, 3.8) is 0 Å². The molecule has 2 heterocycles. The average Bonchev–Trinajstić information content (AvgIpc) is 3.41. The molecule has 0 aliphatic heterocycles. The van der Waals surface area contributed by atoms with Gasteiger partial charge < -0.3 is 9.72 Å². The van der Waals surface area contributed by atoms with E-state index in [-0.39, 0.29) is 5.56 Å². The molecule has 3 aromatic carbocycles. The van der Waals surface area contributed by atoms with Crippen LogP contribution in [0.5, 0.6) is 5.75 Å². The molecule has 8 heteroatoms. The highest BCUT2D eigenvalue weighted by molar-refractivity contribution is 5.79. The molecule has 1 N–H and O–H groups in total. The first-order valence-electron chi connectivity index (χ1n) is 13.6. The fourth-order valence-electron chi connectivity index (χ4n) is 5.02. The lowest BCUT2D eigenvalue weighted by Crippen LogP contribution is -2.37. The van der Waals surface area contributed by atoms with Crippen LogP contribution in [0.15, 0.2) is 83.7 Å². The van der Waals surface area contributed by atoms with E-state index in [2.05, 4.69) is 76.5 Å². The quantitative estimate of drug-likeness (QED) is 0.257. The fraction of sp³-hybridized carbons (Fsp3) is 0.312. The van der Waals surface area contributed by atoms with Crippen LogP contribution >= 0.6 is 0 Å². The maximum absolute atomic E-state index is 13.8. The predicted octanol–water partition coefficient (Wildman–Crippen LogP) is 5.77. The second-order valence-corrected chi connectivity index (χ2v) is 11.1. The second kappa shape index (κ2) is 11.4. The van der Waals surface area contributed by atoms with Crippen molar-refractivity contribution in [1.29, 1.82) is 0 Å². The lowest BCUT2D eigenvalue weighted by Gasteiger charge is -2.33. The van der Waals surface area contributed by atoms with E-state index in [0.717, 1.165) is 33.3 Å². The Bertz CT molecular complexity index is 1630. The molecule has 5 aromatic rings. The number of tetrazole rings is 1. The standard InChI is InChI=1S/C32H36N6O2/c1-6-40-26-16-13-24(14-17-26)21-37(20-23-10-8-7-9-11-23)29(30-34-35-36-38(30)32(3,4)5)27-19-25-15-12-22(2)18-28(25)33-31(27)39/h7-19,29H,6,20-21H2,1-5H3,(H,33,39)/t29-/m0/s1. The maximum Gasteiger partial charge on any atom is 0.253 e. The van der Waals surface area contributed by atoms with Gasteiger partial charge in [0.05, 0.1) is 12.1 Å². The number of hydrogen-bond acceptors (Lipinski definition) is 6. The minimum atomic E-state index is -0.518. The average molecular weight is 537 g/mol. The number of aromatic amines is 1. The van der Waals surface area contributed by atoms with Gasteiger partial charge in [-0.3, -0.25) is 9.69 Å². The molecule has 0 saturated heterocycles. The summed E-state index contributed by atoms with van der Waals surface area (Å²) < 4.78 is 7.49. The molecule has 2 aromatic heterocycles. The summed E-state index contributed by atoms with van der Waals surface area (Å²) in [7, 11) is 0. The number of nitrogens with one attached hydrogen (secondary N) is 1. The molecular formula is C32H36N6O2. The molecule has 1 atom stereocenters. The molecule has 0 amide bonds. The summed E-state index contributed by atoms with van der Waals surface area (Å²) in [5.74, 6) is 1.45. The van der Waals surface area contributed by atoms with Gasteiger partial charge in [-0.15, -0.1) is 5.10 Å². The summed E-state index contributed by atoms with van der Waals surface area (Å²) in [4.78, 5) is 19.2. The van der Waals surface area contributed by atoms with E-state index in [1.807, 2.05) is 67.1 Å². The molecule has 0 fully saturated rings. The van der Waals surface area contributed by atoms with Gasteiger partial charge >= 0.3 is 0 Å². The van der Waals surface area contributed by atoms with E-state index >= 15 is 0 Å². The van der Waals surface area contributed by atoms with Crippen LogP contribution < -0.4 is 10.3 Å². The number of benzene rings is 3. The Morgan fingerprint density at radius 2 is 1.65 bits per heavy atom. The molecule has 0 aliphatic rings. The zero-order valence-corrected chi connectivity index (χ0v) is 23.8. The van der Waals surface area contributed by atoms with Crippen molar-refractivity contribution in [2.45, 2.75) is 59.3 Å². The van der Waals surface area contributed by atoms with E-state index in [9.17, 15) is 4.79 Å². The van der Waals surface area contributed by atoms with Crippen LogP contribution in [-0.4, -0.2) is 36.7 Å². The molecule has 0 radical (unpaired) electrons. The Kier molecular flexibility index (Phi) is 7.80. The topological polar surface area (TPSA) is 88.9 Å². The lowest BCUT2D eigenvalue weighted by atomic mass is 9.99. The number of rotatable bonds is 9. The van der Waals surface area contributed by atoms with Gasteiger partial charge in [0.25, 0.3) is 5.56 Å². The highest BCUT2D eigenvalue weighted by Gasteiger charge is 2.33. The Morgan fingerprint density at radius 3 is 2.33 bits per heavy atom. The molecule has 5 rings (SSSR count). The summed E-state index contributed by atoms with van der Waals surface area (Å²) in [6.45, 7) is 11.9. The molecule has 40 heavy (non-hydrogen) atoms. The van der Waals surface area contributed by atoms with E-state index in [1.54, 1.807) is 0 Å². The first-order chi connectivity index (χ1) is 19.2. The van der Waals surface area contributed by atoms with Crippen molar-refractivity contribution in [3.05, 3.63) is 117 Å². The smallest absolute Gasteiger partial charge is 0.253 e. The van der Waals surface area contributed by atoms with Crippen LogP contribution in [-0.2, 0) is 18.6 Å². The number of H-pyrrole nitrogens is 1. The van der Waals surface area contributed by atoms with Gasteiger partial charge in [0, 0.05) is 24.2 Å². The molecule has 0 saturated carbocycles. The van der Waals surface area contributed by atoms with E-state index in [4.69, 9.17) is 4.74 Å². The zero-order valence-electron chi connectivity index (χ0n) is 23.8. The van der Waals surface area contributed by atoms with Crippen LogP contribution in [0, 0.1) is 6.92 Å². The molecule has 8 nitrogen and oxygen atoms in total. The second-order valence-electron chi connectivity index (χ2n) is 11.1. The summed E-state index contributed by atoms with van der Waals surface area (Å²) in [6, 6.07) is 25.9. The third-order valence-electron chi connectivity index (χ3n) is 6.91. The van der Waals surface area contributed by atoms with E-state index < -0.39 is 11.6 Å². The molecule has 0 unspecified atom stereocenters. The largest absolute Gasteiger partial charge is 0.494 e. The first-order valence-corrected chi connectivity index (χ1v) is 13.6. The molecule has 0 spiro atoms. The number of nitrogens with zero attached hydrogens (tertiary/aromatic N) is 5. The lowest BCUT2D eigenvalue weighted by molar-refractivity contribution is 0.184. The predicted molar refractivity (Wildman–Crippen MR) is 157 cm³/mol. The Balaban J connectivity index is 1.69. The van der Waals surface area contributed by atoms with Crippen LogP contribution in [0.1, 0.15) is 61.8 Å². The van der Waals surface area contributed by atoms with Gasteiger partial charge in [-0.05, 0) is 91.4 Å². The third kappa shape index (κ3) is 5.97. The monoisotopic (exact) mass is 536 g/mol. The minimum absolute atomic E-state index is 0.156. The van der Waals surface area contributed by atoms with Crippen molar-refractivity contribution < 1.29 is 4.74 Å². The molecule has 206 valence electrons. The summed E-state index contributed by atoms with van der Waals surface area (Å²) in [5.41, 5.74) is 4.16. The van der Waals surface area contributed by atoms with Crippen molar-refractivity contribution in [1.82, 2.24) is 30.1 Å². The van der Waals surface area contributed by atoms with Crippen LogP contribution in [0.2, 0.25) is 0 Å². The van der Waals surface area contributed by atoms with Gasteiger partial charge in [0.1, 0.15) is 11.8 Å². The van der Waals surface area contributed by atoms with Gasteiger partial charge in [-0.2, -0.15) is 0 Å². The van der Waals surface area contributed by atoms with Crippen molar-refractivity contribution >= 4 is 10.9 Å². The van der Waals surface area contributed by atoms with Crippen LogP contribution in [0.3, 0.4) is 0 Å². The number of aromatic nitrogens is 5. The summed E-state index contributed by atoms with van der Waals surface area (Å²) >= 11 is 0. The number of fused-ring (bicyclic) bond motifs is 1. The van der Waals surface area contributed by atoms with Crippen molar-refractivity contribution in [2.24, 2.45) is 0 Å². The number of aryl methyl sites for hydroxylation is 1. The van der Waals surface area contributed by atoms with Gasteiger partial charge in [0.2, 0.25) is 0 Å². The highest BCUT2D eigenvalue weighted by Crippen LogP contribution is 2.32. The van der Waals surface area contributed by atoms with E-state index in [1.165, 1.54) is 0 Å². The first kappa shape index (κ1) is 27.3.